The van der Waals surface area contributed by atoms with Crippen LogP contribution in [0.5, 0.6) is 0 Å². The number of nitrogens with two attached hydrogens (primary N) is 1. The van der Waals surface area contributed by atoms with E-state index < -0.39 is 6.29 Å². The summed E-state index contributed by atoms with van der Waals surface area (Å²) in [6, 6.07) is 0. The van der Waals surface area contributed by atoms with E-state index in [9.17, 15) is 0 Å². The van der Waals surface area contributed by atoms with Gasteiger partial charge in [-0.3, -0.25) is 11.1 Å². The average Bonchev–Trinajstić information content (AvgIpc) is 1.88. The summed E-state index contributed by atoms with van der Waals surface area (Å²) < 4.78 is 0. The van der Waals surface area contributed by atoms with Crippen molar-refractivity contribution >= 4 is 12.2 Å². The van der Waals surface area contributed by atoms with E-state index in [0.29, 0.717) is 5.84 Å². The highest BCUT2D eigenvalue weighted by Gasteiger charge is 1.96. The van der Waals surface area contributed by atoms with Crippen molar-refractivity contribution in [1.29, 1.82) is 5.41 Å². The van der Waals surface area contributed by atoms with E-state index in [1.807, 2.05) is 0 Å². The molecule has 1 atom stereocenters. The number of oxime groups is 1. The van der Waals surface area contributed by atoms with Gasteiger partial charge in [0.05, 0.1) is 6.34 Å². The van der Waals surface area contributed by atoms with Crippen molar-refractivity contribution in [3.05, 3.63) is 0 Å². The van der Waals surface area contributed by atoms with Gasteiger partial charge in [-0.2, -0.15) is 0 Å². The van der Waals surface area contributed by atoms with Gasteiger partial charge in [0.25, 0.3) is 0 Å². The third-order valence-corrected chi connectivity index (χ3v) is 0.777. The molecule has 0 aromatic heterocycles. The van der Waals surface area contributed by atoms with E-state index in [-0.39, 0.29) is 0 Å². The molecule has 0 heterocycles. The highest BCUT2D eigenvalue weighted by molar-refractivity contribution is 5.79. The van der Waals surface area contributed by atoms with Crippen LogP contribution in [0, 0.1) is 5.41 Å². The summed E-state index contributed by atoms with van der Waals surface area (Å²) in [6.45, 7) is 1.55. The molecular weight excluding hydrogens is 134 g/mol. The minimum absolute atomic E-state index is 0.293. The van der Waals surface area contributed by atoms with Gasteiger partial charge in [-0.25, -0.2) is 0 Å². The summed E-state index contributed by atoms with van der Waals surface area (Å²) in [6.07, 6.45) is 0.357. The number of hydrogen-bond acceptors (Lipinski definition) is 4. The Morgan fingerprint density at radius 1 is 1.90 bits per heavy atom. The van der Waals surface area contributed by atoms with Gasteiger partial charge < -0.3 is 15.8 Å². The zero-order chi connectivity index (χ0) is 7.98. The van der Waals surface area contributed by atoms with E-state index in [0.717, 1.165) is 6.34 Å². The Bertz CT molecular complexity index is 134. The molecular formula is C4H11N5O. The maximum atomic E-state index is 8.14. The second-order valence-corrected chi connectivity index (χ2v) is 1.62. The molecule has 58 valence electrons. The van der Waals surface area contributed by atoms with Gasteiger partial charge in [-0.1, -0.05) is 5.16 Å². The lowest BCUT2D eigenvalue weighted by molar-refractivity contribution is 0.314. The summed E-state index contributed by atoms with van der Waals surface area (Å²) in [5, 5.41) is 22.5. The Balaban J connectivity index is 3.56. The third kappa shape index (κ3) is 3.67. The van der Waals surface area contributed by atoms with E-state index >= 15 is 0 Å². The molecule has 0 spiro atoms. The Hall–Kier alpha value is -1.30. The zero-order valence-corrected chi connectivity index (χ0v) is 5.63. The number of amidine groups is 1. The molecule has 0 rings (SSSR count). The molecule has 0 radical (unpaired) electrons. The molecule has 0 aliphatic rings. The van der Waals surface area contributed by atoms with Crippen molar-refractivity contribution in [3.63, 3.8) is 0 Å². The van der Waals surface area contributed by atoms with Crippen LogP contribution in [-0.4, -0.2) is 23.7 Å². The minimum Gasteiger partial charge on any atom is -0.409 e. The quantitative estimate of drug-likeness (QED) is 0.113. The molecule has 0 aromatic carbocycles. The van der Waals surface area contributed by atoms with Gasteiger partial charge in [0.15, 0.2) is 6.29 Å². The topological polar surface area (TPSA) is 107 Å². The molecule has 0 aliphatic carbocycles. The smallest absolute Gasteiger partial charge is 0.152 e. The highest BCUT2D eigenvalue weighted by atomic mass is 16.4. The summed E-state index contributed by atoms with van der Waals surface area (Å²) in [7, 11) is 0. The maximum absolute atomic E-state index is 8.14. The lowest BCUT2D eigenvalue weighted by atomic mass is 10.6. The summed E-state index contributed by atoms with van der Waals surface area (Å²) in [4.78, 5) is 0. The summed E-state index contributed by atoms with van der Waals surface area (Å²) >= 11 is 0. The molecule has 6 nitrogen and oxygen atoms in total. The fourth-order valence-corrected chi connectivity index (χ4v) is 0.385. The SMILES string of the molecule is C/C(=N\O)NC(N)NC=N. The van der Waals surface area contributed by atoms with E-state index in [4.69, 9.17) is 16.4 Å². The summed E-state index contributed by atoms with van der Waals surface area (Å²) in [5.41, 5.74) is 5.30. The highest BCUT2D eigenvalue weighted by Crippen LogP contribution is 1.67. The van der Waals surface area contributed by atoms with Gasteiger partial charge in [-0.05, 0) is 6.92 Å². The van der Waals surface area contributed by atoms with Gasteiger partial charge in [0.2, 0.25) is 0 Å². The first kappa shape index (κ1) is 8.70. The van der Waals surface area contributed by atoms with Crippen molar-refractivity contribution in [2.45, 2.75) is 13.2 Å². The van der Waals surface area contributed by atoms with Crippen LogP contribution in [0.15, 0.2) is 5.16 Å². The van der Waals surface area contributed by atoms with Crippen LogP contribution in [0.3, 0.4) is 0 Å². The first-order valence-electron chi connectivity index (χ1n) is 2.66. The standard InChI is InChI=1S/C4H11N5O/c1-3(9-10)8-4(6)7-2-5/h2,4,10H,6H2,1H3,(H2,5,7)(H,8,9). The molecule has 0 saturated carbocycles. The van der Waals surface area contributed by atoms with Crippen molar-refractivity contribution in [3.8, 4) is 0 Å². The second-order valence-electron chi connectivity index (χ2n) is 1.62. The fourth-order valence-electron chi connectivity index (χ4n) is 0.385. The van der Waals surface area contributed by atoms with E-state index in [2.05, 4.69) is 15.8 Å². The largest absolute Gasteiger partial charge is 0.409 e. The minimum atomic E-state index is -0.589. The van der Waals surface area contributed by atoms with Crippen LogP contribution in [0.2, 0.25) is 0 Å². The van der Waals surface area contributed by atoms with Crippen LogP contribution in [0.25, 0.3) is 0 Å². The normalized spacial score (nSPS) is 14.0. The van der Waals surface area contributed by atoms with Crippen molar-refractivity contribution in [2.24, 2.45) is 10.9 Å². The lowest BCUT2D eigenvalue weighted by Gasteiger charge is -2.12. The van der Waals surface area contributed by atoms with Crippen molar-refractivity contribution in [2.75, 3.05) is 0 Å². The molecule has 6 N–H and O–H groups in total. The number of nitrogens with zero attached hydrogens (tertiary/aromatic N) is 1. The Morgan fingerprint density at radius 3 is 2.90 bits per heavy atom. The number of hydrogen-bond donors (Lipinski definition) is 5. The van der Waals surface area contributed by atoms with Crippen LogP contribution in [0.4, 0.5) is 0 Å². The predicted molar refractivity (Wildman–Crippen MR) is 37.9 cm³/mol. The average molecular weight is 145 g/mol. The van der Waals surface area contributed by atoms with Crippen molar-refractivity contribution < 1.29 is 5.21 Å². The van der Waals surface area contributed by atoms with E-state index in [1.54, 1.807) is 6.92 Å². The molecule has 0 fully saturated rings. The zero-order valence-electron chi connectivity index (χ0n) is 5.63. The summed E-state index contributed by atoms with van der Waals surface area (Å²) in [5.74, 6) is 0.293. The van der Waals surface area contributed by atoms with Crippen molar-refractivity contribution in [1.82, 2.24) is 10.6 Å². The molecule has 0 aromatic rings. The third-order valence-electron chi connectivity index (χ3n) is 0.777. The van der Waals surface area contributed by atoms with Gasteiger partial charge >= 0.3 is 0 Å². The Morgan fingerprint density at radius 2 is 2.50 bits per heavy atom. The molecule has 10 heavy (non-hydrogen) atoms. The van der Waals surface area contributed by atoms with Gasteiger partial charge in [0.1, 0.15) is 5.84 Å². The Kier molecular flexibility index (Phi) is 3.97. The first-order chi connectivity index (χ1) is 4.70. The van der Waals surface area contributed by atoms with E-state index in [1.165, 1.54) is 0 Å². The molecule has 0 bridgehead atoms. The lowest BCUT2D eigenvalue weighted by Crippen LogP contribution is -2.50. The predicted octanol–water partition coefficient (Wildman–Crippen LogP) is -1.18. The molecule has 0 saturated heterocycles. The molecule has 0 amide bonds. The first-order valence-corrected chi connectivity index (χ1v) is 2.66. The van der Waals surface area contributed by atoms with Crippen LogP contribution in [-0.2, 0) is 0 Å². The second kappa shape index (κ2) is 4.57. The Labute approximate surface area is 58.6 Å². The van der Waals surface area contributed by atoms with Crippen LogP contribution in [0.1, 0.15) is 6.92 Å². The number of rotatable bonds is 3. The van der Waals surface area contributed by atoms with Crippen LogP contribution >= 0.6 is 0 Å². The maximum Gasteiger partial charge on any atom is 0.152 e. The van der Waals surface area contributed by atoms with Gasteiger partial charge in [0, 0.05) is 0 Å². The van der Waals surface area contributed by atoms with Gasteiger partial charge in [-0.15, -0.1) is 0 Å². The molecule has 0 aliphatic heterocycles. The molecule has 6 heteroatoms. The fraction of sp³-hybridized carbons (Fsp3) is 0.500. The van der Waals surface area contributed by atoms with Crippen LogP contribution < -0.4 is 16.4 Å². The molecule has 1 unspecified atom stereocenters. The monoisotopic (exact) mass is 145 g/mol. The number of nitrogens with one attached hydrogen (secondary N) is 3.